The molecule has 2 aromatic rings. The van der Waals surface area contributed by atoms with Gasteiger partial charge in [0.15, 0.2) is 10.3 Å². The van der Waals surface area contributed by atoms with E-state index in [0.29, 0.717) is 20.9 Å². The predicted molar refractivity (Wildman–Crippen MR) is 70.1 cm³/mol. The maximum Gasteiger partial charge on any atom is 0.350 e. The number of hydrogen-bond donors (Lipinski definition) is 0. The number of aromatic nitrogens is 3. The normalized spacial score (nSPS) is 10.7. The van der Waals surface area contributed by atoms with Crippen molar-refractivity contribution in [1.82, 2.24) is 14.5 Å². The van der Waals surface area contributed by atoms with Gasteiger partial charge < -0.3 is 9.30 Å². The Labute approximate surface area is 113 Å². The number of thiazole rings is 1. The Morgan fingerprint density at radius 2 is 2.06 bits per heavy atom. The number of esters is 1. The van der Waals surface area contributed by atoms with Gasteiger partial charge in [0.2, 0.25) is 0 Å². The molecule has 0 saturated carbocycles. The van der Waals surface area contributed by atoms with Crippen LogP contribution in [0.1, 0.15) is 21.1 Å². The zero-order valence-electron chi connectivity index (χ0n) is 10.4. The maximum atomic E-state index is 11.7. The summed E-state index contributed by atoms with van der Waals surface area (Å²) in [7, 11) is 3.20. The van der Waals surface area contributed by atoms with Gasteiger partial charge in [0.05, 0.1) is 12.8 Å². The third-order valence-corrected chi connectivity index (χ3v) is 3.94. The Bertz CT molecular complexity index is 618. The number of imidazole rings is 1. The maximum absolute atomic E-state index is 11.7. The Morgan fingerprint density at radius 3 is 2.56 bits per heavy atom. The van der Waals surface area contributed by atoms with Crippen molar-refractivity contribution < 1.29 is 9.53 Å². The number of aryl methyl sites for hydroxylation is 1. The van der Waals surface area contributed by atoms with Crippen molar-refractivity contribution in [3.05, 3.63) is 20.7 Å². The number of rotatable bonds is 2. The summed E-state index contributed by atoms with van der Waals surface area (Å²) in [5, 5.41) is 0. The average Bonchev–Trinajstić information content (AvgIpc) is 2.84. The van der Waals surface area contributed by atoms with E-state index in [9.17, 15) is 4.79 Å². The van der Waals surface area contributed by atoms with E-state index < -0.39 is 5.97 Å². The molecule has 0 unspecified atom stereocenters. The van der Waals surface area contributed by atoms with Crippen molar-refractivity contribution in [3.63, 3.8) is 0 Å². The predicted octanol–water partition coefficient (Wildman–Crippen LogP) is 2.60. The van der Waals surface area contributed by atoms with Crippen LogP contribution in [0, 0.1) is 13.8 Å². The van der Waals surface area contributed by atoms with Crippen LogP contribution in [0.4, 0.5) is 0 Å². The van der Waals surface area contributed by atoms with Crippen LogP contribution in [0.2, 0.25) is 4.47 Å². The molecule has 0 atom stereocenters. The number of hydrogen-bond acceptors (Lipinski definition) is 5. The molecule has 0 aliphatic carbocycles. The van der Waals surface area contributed by atoms with E-state index in [1.807, 2.05) is 25.5 Å². The van der Waals surface area contributed by atoms with E-state index in [-0.39, 0.29) is 0 Å². The number of halogens is 1. The molecule has 2 rings (SSSR count). The zero-order valence-corrected chi connectivity index (χ0v) is 12.0. The highest BCUT2D eigenvalue weighted by Gasteiger charge is 2.23. The van der Waals surface area contributed by atoms with E-state index in [1.165, 1.54) is 7.11 Å². The second-order valence-corrected chi connectivity index (χ2v) is 5.38. The molecule has 0 saturated heterocycles. The number of carbonyl (C=O) groups is 1. The lowest BCUT2D eigenvalue weighted by atomic mass is 10.3. The Hall–Kier alpha value is -1.40. The fourth-order valence-electron chi connectivity index (χ4n) is 1.60. The van der Waals surface area contributed by atoms with Gasteiger partial charge in [0.25, 0.3) is 0 Å². The smallest absolute Gasteiger partial charge is 0.350 e. The summed E-state index contributed by atoms with van der Waals surface area (Å²) in [6.07, 6.45) is 0. The molecular formula is C11H12ClN3O2S. The summed E-state index contributed by atoms with van der Waals surface area (Å²) in [6.45, 7) is 3.86. The lowest BCUT2D eigenvalue weighted by Crippen LogP contribution is -2.03. The minimum Gasteiger partial charge on any atom is -0.465 e. The molecule has 96 valence electrons. The fraction of sp³-hybridized carbons (Fsp3) is 0.364. The highest BCUT2D eigenvalue weighted by molar-refractivity contribution is 7.17. The van der Waals surface area contributed by atoms with Crippen LogP contribution in [0.25, 0.3) is 11.5 Å². The summed E-state index contributed by atoms with van der Waals surface area (Å²) < 4.78 is 6.90. The Balaban J connectivity index is 2.63. The third kappa shape index (κ3) is 2.02. The molecule has 0 aliphatic heterocycles. The van der Waals surface area contributed by atoms with Crippen molar-refractivity contribution >= 4 is 28.9 Å². The minimum absolute atomic E-state index is 0.295. The molecule has 0 amide bonds. The molecular weight excluding hydrogens is 274 g/mol. The minimum atomic E-state index is -0.451. The molecule has 18 heavy (non-hydrogen) atoms. The van der Waals surface area contributed by atoms with E-state index in [4.69, 9.17) is 16.3 Å². The Morgan fingerprint density at radius 1 is 1.39 bits per heavy atom. The highest BCUT2D eigenvalue weighted by atomic mass is 35.5. The van der Waals surface area contributed by atoms with Gasteiger partial charge in [0, 0.05) is 12.7 Å². The summed E-state index contributed by atoms with van der Waals surface area (Å²) in [5.41, 5.74) is 2.38. The summed E-state index contributed by atoms with van der Waals surface area (Å²) in [5.74, 6) is 0.168. The van der Waals surface area contributed by atoms with Crippen molar-refractivity contribution in [2.45, 2.75) is 13.8 Å². The van der Waals surface area contributed by atoms with Gasteiger partial charge in [-0.05, 0) is 13.8 Å². The molecule has 2 heterocycles. The molecule has 0 spiro atoms. The molecule has 0 aromatic carbocycles. The van der Waals surface area contributed by atoms with Crippen molar-refractivity contribution in [2.24, 2.45) is 7.05 Å². The monoisotopic (exact) mass is 285 g/mol. The van der Waals surface area contributed by atoms with Gasteiger partial charge in [-0.25, -0.2) is 14.8 Å². The van der Waals surface area contributed by atoms with Crippen LogP contribution in [0.5, 0.6) is 0 Å². The second kappa shape index (κ2) is 4.70. The molecule has 5 nitrogen and oxygen atoms in total. The standard InChI is InChI=1S/C11H12ClN3O2S/c1-5-6(2)15(3)9(13-5)7-8(10(16)17-4)18-11(12)14-7/h1-4H3. The highest BCUT2D eigenvalue weighted by Crippen LogP contribution is 2.31. The number of carbonyl (C=O) groups excluding carboxylic acids is 1. The van der Waals surface area contributed by atoms with Crippen LogP contribution < -0.4 is 0 Å². The van der Waals surface area contributed by atoms with Crippen molar-refractivity contribution in [1.29, 1.82) is 0 Å². The van der Waals surface area contributed by atoms with Gasteiger partial charge in [-0.15, -0.1) is 0 Å². The molecule has 0 bridgehead atoms. The molecule has 0 aliphatic rings. The number of ether oxygens (including phenoxy) is 1. The number of nitrogens with zero attached hydrogens (tertiary/aromatic N) is 3. The van der Waals surface area contributed by atoms with Gasteiger partial charge in [-0.1, -0.05) is 22.9 Å². The van der Waals surface area contributed by atoms with Gasteiger partial charge in [-0.3, -0.25) is 0 Å². The van der Waals surface area contributed by atoms with Gasteiger partial charge in [-0.2, -0.15) is 0 Å². The van der Waals surface area contributed by atoms with Crippen LogP contribution in [0.3, 0.4) is 0 Å². The summed E-state index contributed by atoms with van der Waals surface area (Å²) >= 11 is 6.97. The first kappa shape index (κ1) is 13.0. The summed E-state index contributed by atoms with van der Waals surface area (Å²) in [6, 6.07) is 0. The van der Waals surface area contributed by atoms with Crippen LogP contribution >= 0.6 is 22.9 Å². The zero-order chi connectivity index (χ0) is 13.4. The molecule has 2 aromatic heterocycles. The SMILES string of the molecule is COC(=O)c1sc(Cl)nc1-c1nc(C)c(C)n1C. The fourth-order valence-corrected chi connectivity index (χ4v) is 2.63. The third-order valence-electron chi connectivity index (χ3n) is 2.80. The lowest BCUT2D eigenvalue weighted by Gasteiger charge is -2.02. The van der Waals surface area contributed by atoms with Gasteiger partial charge >= 0.3 is 5.97 Å². The molecule has 0 N–H and O–H groups in total. The van der Waals surface area contributed by atoms with Crippen molar-refractivity contribution in [2.75, 3.05) is 7.11 Å². The summed E-state index contributed by atoms with van der Waals surface area (Å²) in [4.78, 5) is 20.6. The largest absolute Gasteiger partial charge is 0.465 e. The van der Waals surface area contributed by atoms with Crippen LogP contribution in [-0.2, 0) is 11.8 Å². The molecule has 7 heteroatoms. The topological polar surface area (TPSA) is 57.0 Å². The van der Waals surface area contributed by atoms with E-state index >= 15 is 0 Å². The molecule has 0 fully saturated rings. The molecule has 0 radical (unpaired) electrons. The van der Waals surface area contributed by atoms with Crippen molar-refractivity contribution in [3.8, 4) is 11.5 Å². The van der Waals surface area contributed by atoms with Gasteiger partial charge in [0.1, 0.15) is 10.6 Å². The van der Waals surface area contributed by atoms with E-state index in [2.05, 4.69) is 9.97 Å². The first-order valence-corrected chi connectivity index (χ1v) is 6.40. The van der Waals surface area contributed by atoms with Crippen LogP contribution in [0.15, 0.2) is 0 Å². The van der Waals surface area contributed by atoms with Crippen LogP contribution in [-0.4, -0.2) is 27.6 Å². The average molecular weight is 286 g/mol. The Kier molecular flexibility index (Phi) is 3.41. The second-order valence-electron chi connectivity index (χ2n) is 3.80. The first-order chi connectivity index (χ1) is 8.45. The quantitative estimate of drug-likeness (QED) is 0.796. The van der Waals surface area contributed by atoms with E-state index in [1.54, 1.807) is 0 Å². The number of methoxy groups -OCH3 is 1. The van der Waals surface area contributed by atoms with E-state index in [0.717, 1.165) is 22.7 Å². The lowest BCUT2D eigenvalue weighted by molar-refractivity contribution is 0.0607. The first-order valence-electron chi connectivity index (χ1n) is 5.20.